The summed E-state index contributed by atoms with van der Waals surface area (Å²) in [4.78, 5) is 0.372. The summed E-state index contributed by atoms with van der Waals surface area (Å²) in [6.45, 7) is 1.97. The minimum Gasteiger partial charge on any atom is -0.389 e. The number of aryl methyl sites for hydroxylation is 1. The first-order valence-electron chi connectivity index (χ1n) is 5.60. The first kappa shape index (κ1) is 14.3. The number of hydrogen-bond acceptors (Lipinski definition) is 2. The SMILES string of the molecule is Cc1ccc(Nc2ccc(C(N)=S)c(Br)c2)cc1Cl. The maximum Gasteiger partial charge on any atom is 0.105 e. The molecule has 0 aliphatic heterocycles. The second kappa shape index (κ2) is 5.90. The molecule has 0 saturated heterocycles. The smallest absolute Gasteiger partial charge is 0.105 e. The lowest BCUT2D eigenvalue weighted by atomic mass is 10.2. The normalized spacial score (nSPS) is 10.3. The van der Waals surface area contributed by atoms with E-state index < -0.39 is 0 Å². The summed E-state index contributed by atoms with van der Waals surface area (Å²) in [5.74, 6) is 0. The molecule has 0 fully saturated rings. The van der Waals surface area contributed by atoms with Crippen molar-refractivity contribution in [1.82, 2.24) is 0 Å². The lowest BCUT2D eigenvalue weighted by molar-refractivity contribution is 1.45. The van der Waals surface area contributed by atoms with Crippen molar-refractivity contribution in [2.45, 2.75) is 6.92 Å². The summed E-state index contributed by atoms with van der Waals surface area (Å²) < 4.78 is 0.864. The molecule has 2 nitrogen and oxygen atoms in total. The molecule has 0 aromatic heterocycles. The van der Waals surface area contributed by atoms with Crippen molar-refractivity contribution in [3.63, 3.8) is 0 Å². The van der Waals surface area contributed by atoms with Crippen LogP contribution in [0.3, 0.4) is 0 Å². The van der Waals surface area contributed by atoms with E-state index in [4.69, 9.17) is 29.6 Å². The quantitative estimate of drug-likeness (QED) is 0.778. The average Bonchev–Trinajstić information content (AvgIpc) is 2.33. The van der Waals surface area contributed by atoms with Crippen LogP contribution in [-0.2, 0) is 0 Å². The van der Waals surface area contributed by atoms with E-state index >= 15 is 0 Å². The number of benzene rings is 2. The Labute approximate surface area is 131 Å². The van der Waals surface area contributed by atoms with Gasteiger partial charge in [-0.2, -0.15) is 0 Å². The highest BCUT2D eigenvalue weighted by molar-refractivity contribution is 9.10. The van der Waals surface area contributed by atoms with Crippen LogP contribution in [-0.4, -0.2) is 4.99 Å². The molecule has 3 N–H and O–H groups in total. The molecule has 0 aliphatic carbocycles. The van der Waals surface area contributed by atoms with Crippen molar-refractivity contribution in [3.05, 3.63) is 57.0 Å². The molecule has 2 aromatic rings. The second-order valence-corrected chi connectivity index (χ2v) is 5.85. The van der Waals surface area contributed by atoms with Gasteiger partial charge < -0.3 is 11.1 Å². The number of rotatable bonds is 3. The maximum atomic E-state index is 6.10. The molecule has 2 rings (SSSR count). The van der Waals surface area contributed by atoms with Gasteiger partial charge in [-0.3, -0.25) is 0 Å². The Morgan fingerprint density at radius 3 is 2.42 bits per heavy atom. The van der Waals surface area contributed by atoms with Gasteiger partial charge in [0.15, 0.2) is 0 Å². The van der Waals surface area contributed by atoms with Crippen molar-refractivity contribution in [1.29, 1.82) is 0 Å². The van der Waals surface area contributed by atoms with Crippen LogP contribution in [0.15, 0.2) is 40.9 Å². The van der Waals surface area contributed by atoms with E-state index in [1.807, 2.05) is 43.3 Å². The van der Waals surface area contributed by atoms with E-state index in [1.54, 1.807) is 0 Å². The van der Waals surface area contributed by atoms with Gasteiger partial charge >= 0.3 is 0 Å². The summed E-state index contributed by atoms with van der Waals surface area (Å²) in [5.41, 5.74) is 9.36. The second-order valence-electron chi connectivity index (χ2n) is 4.15. The maximum absolute atomic E-state index is 6.10. The van der Waals surface area contributed by atoms with Crippen LogP contribution in [0.1, 0.15) is 11.1 Å². The number of halogens is 2. The third-order valence-electron chi connectivity index (χ3n) is 2.70. The van der Waals surface area contributed by atoms with Crippen LogP contribution in [0.4, 0.5) is 11.4 Å². The first-order chi connectivity index (χ1) is 8.97. The molecular weight excluding hydrogens is 344 g/mol. The third-order valence-corrected chi connectivity index (χ3v) is 3.98. The summed E-state index contributed by atoms with van der Waals surface area (Å²) >= 11 is 14.5. The lowest BCUT2D eigenvalue weighted by Crippen LogP contribution is -2.10. The van der Waals surface area contributed by atoms with Crippen LogP contribution in [0.2, 0.25) is 5.02 Å². The molecule has 0 radical (unpaired) electrons. The van der Waals surface area contributed by atoms with Crippen LogP contribution in [0.25, 0.3) is 0 Å². The van der Waals surface area contributed by atoms with E-state index in [2.05, 4.69) is 21.2 Å². The number of thiocarbonyl (C=S) groups is 1. The van der Waals surface area contributed by atoms with Gasteiger partial charge in [0.25, 0.3) is 0 Å². The van der Waals surface area contributed by atoms with Crippen molar-refractivity contribution in [2.24, 2.45) is 5.73 Å². The number of nitrogens with one attached hydrogen (secondary N) is 1. The van der Waals surface area contributed by atoms with Gasteiger partial charge in [0.2, 0.25) is 0 Å². The van der Waals surface area contributed by atoms with Gasteiger partial charge in [0.05, 0.1) is 0 Å². The largest absolute Gasteiger partial charge is 0.389 e. The zero-order chi connectivity index (χ0) is 14.0. The van der Waals surface area contributed by atoms with E-state index in [9.17, 15) is 0 Å². The molecule has 19 heavy (non-hydrogen) atoms. The van der Waals surface area contributed by atoms with E-state index in [0.29, 0.717) is 4.99 Å². The molecular formula is C14H12BrClN2S. The fraction of sp³-hybridized carbons (Fsp3) is 0.0714. The molecule has 2 aromatic carbocycles. The minimum absolute atomic E-state index is 0.372. The van der Waals surface area contributed by atoms with Crippen LogP contribution in [0, 0.1) is 6.92 Å². The summed E-state index contributed by atoms with van der Waals surface area (Å²) in [6.07, 6.45) is 0. The molecule has 0 aliphatic rings. The van der Waals surface area contributed by atoms with Crippen LogP contribution >= 0.6 is 39.7 Å². The third kappa shape index (κ3) is 3.47. The van der Waals surface area contributed by atoms with E-state index in [-0.39, 0.29) is 0 Å². The zero-order valence-corrected chi connectivity index (χ0v) is 13.4. The standard InChI is InChI=1S/C14H12BrClN2S/c1-8-2-3-10(7-13(8)16)18-9-4-5-11(14(17)19)12(15)6-9/h2-7,18H,1H3,(H2,17,19). The molecule has 0 bridgehead atoms. The lowest BCUT2D eigenvalue weighted by Gasteiger charge is -2.10. The van der Waals surface area contributed by atoms with Crippen molar-refractivity contribution in [3.8, 4) is 0 Å². The Kier molecular flexibility index (Phi) is 4.45. The first-order valence-corrected chi connectivity index (χ1v) is 7.18. The van der Waals surface area contributed by atoms with E-state index in [0.717, 1.165) is 32.0 Å². The molecule has 98 valence electrons. The molecule has 0 heterocycles. The fourth-order valence-corrected chi connectivity index (χ4v) is 2.71. The predicted octanol–water partition coefficient (Wildman–Crippen LogP) is 4.79. The van der Waals surface area contributed by atoms with Gasteiger partial charge in [-0.25, -0.2) is 0 Å². The number of hydrogen-bond donors (Lipinski definition) is 2. The summed E-state index contributed by atoms with van der Waals surface area (Å²) in [5, 5.41) is 4.02. The molecule has 0 atom stereocenters. The predicted molar refractivity (Wildman–Crippen MR) is 89.5 cm³/mol. The van der Waals surface area contributed by atoms with Crippen LogP contribution < -0.4 is 11.1 Å². The highest BCUT2D eigenvalue weighted by Gasteiger charge is 2.05. The van der Waals surface area contributed by atoms with E-state index in [1.165, 1.54) is 0 Å². The van der Waals surface area contributed by atoms with Crippen LogP contribution in [0.5, 0.6) is 0 Å². The molecule has 0 spiro atoms. The highest BCUT2D eigenvalue weighted by Crippen LogP contribution is 2.26. The van der Waals surface area contributed by atoms with Crippen molar-refractivity contribution < 1.29 is 0 Å². The van der Waals surface area contributed by atoms with Gasteiger partial charge in [0, 0.05) is 26.4 Å². The number of nitrogens with two attached hydrogens (primary N) is 1. The minimum atomic E-state index is 0.372. The molecule has 0 unspecified atom stereocenters. The Morgan fingerprint density at radius 2 is 1.84 bits per heavy atom. The fourth-order valence-electron chi connectivity index (χ4n) is 1.63. The Balaban J connectivity index is 2.26. The van der Waals surface area contributed by atoms with Gasteiger partial charge in [-0.1, -0.05) is 29.9 Å². The molecule has 5 heteroatoms. The molecule has 0 amide bonds. The summed E-state index contributed by atoms with van der Waals surface area (Å²) in [7, 11) is 0. The molecule has 0 saturated carbocycles. The van der Waals surface area contributed by atoms with Gasteiger partial charge in [-0.15, -0.1) is 0 Å². The van der Waals surface area contributed by atoms with Crippen molar-refractivity contribution in [2.75, 3.05) is 5.32 Å². The average molecular weight is 356 g/mol. The topological polar surface area (TPSA) is 38.0 Å². The zero-order valence-electron chi connectivity index (χ0n) is 10.2. The Morgan fingerprint density at radius 1 is 1.21 bits per heavy atom. The van der Waals surface area contributed by atoms with Crippen molar-refractivity contribution >= 4 is 56.1 Å². The Bertz CT molecular complexity index is 643. The summed E-state index contributed by atoms with van der Waals surface area (Å²) in [6, 6.07) is 11.6. The van der Waals surface area contributed by atoms with Gasteiger partial charge in [-0.05, 0) is 58.7 Å². The Hall–Kier alpha value is -1.10. The number of anilines is 2. The monoisotopic (exact) mass is 354 g/mol. The van der Waals surface area contributed by atoms with Gasteiger partial charge in [0.1, 0.15) is 4.99 Å². The highest BCUT2D eigenvalue weighted by atomic mass is 79.9.